The minimum absolute atomic E-state index is 0.786. The Morgan fingerprint density at radius 2 is 1.75 bits per heavy atom. The van der Waals surface area contributed by atoms with Crippen molar-refractivity contribution in [3.63, 3.8) is 0 Å². The molecular weight excluding hydrogens is 194 g/mol. The highest BCUT2D eigenvalue weighted by atomic mass is 14.8. The van der Waals surface area contributed by atoms with Crippen LogP contribution in [0.3, 0.4) is 0 Å². The summed E-state index contributed by atoms with van der Waals surface area (Å²) in [5.74, 6) is 2.75. The van der Waals surface area contributed by atoms with Crippen LogP contribution in [-0.4, -0.2) is 13.1 Å². The van der Waals surface area contributed by atoms with Gasteiger partial charge in [-0.25, -0.2) is 0 Å². The van der Waals surface area contributed by atoms with E-state index in [0.29, 0.717) is 0 Å². The van der Waals surface area contributed by atoms with Gasteiger partial charge in [0.1, 0.15) is 0 Å². The fraction of sp³-hybridized carbons (Fsp3) is 1.00. The molecule has 0 aromatic carbocycles. The van der Waals surface area contributed by atoms with E-state index in [9.17, 15) is 0 Å². The third kappa shape index (κ3) is 6.52. The van der Waals surface area contributed by atoms with Gasteiger partial charge in [-0.1, -0.05) is 52.9 Å². The van der Waals surface area contributed by atoms with Gasteiger partial charge in [-0.15, -0.1) is 0 Å². The third-order valence-electron chi connectivity index (χ3n) is 3.83. The van der Waals surface area contributed by atoms with E-state index in [2.05, 4.69) is 26.1 Å². The molecule has 0 saturated heterocycles. The van der Waals surface area contributed by atoms with E-state index in [1.807, 2.05) is 0 Å². The van der Waals surface area contributed by atoms with E-state index < -0.39 is 0 Å². The van der Waals surface area contributed by atoms with Gasteiger partial charge >= 0.3 is 0 Å². The van der Waals surface area contributed by atoms with E-state index in [0.717, 1.165) is 17.8 Å². The van der Waals surface area contributed by atoms with Crippen LogP contribution in [0.4, 0.5) is 0 Å². The lowest BCUT2D eigenvalue weighted by Crippen LogP contribution is -2.23. The standard InChI is InChI=1S/C15H31N/c1-13(2)12-16-10-9-14(3)11-15-7-5-4-6-8-15/h13-16H,4-12H2,1-3H3. The van der Waals surface area contributed by atoms with Crippen molar-refractivity contribution in [2.75, 3.05) is 13.1 Å². The highest BCUT2D eigenvalue weighted by molar-refractivity contribution is 4.69. The van der Waals surface area contributed by atoms with Crippen molar-refractivity contribution in [1.29, 1.82) is 0 Å². The lowest BCUT2D eigenvalue weighted by Gasteiger charge is -2.24. The molecule has 1 atom stereocenters. The Kier molecular flexibility index (Phi) is 7.11. The predicted molar refractivity (Wildman–Crippen MR) is 72.7 cm³/mol. The van der Waals surface area contributed by atoms with Gasteiger partial charge in [-0.05, 0) is 43.7 Å². The maximum atomic E-state index is 3.55. The summed E-state index contributed by atoms with van der Waals surface area (Å²) in [4.78, 5) is 0. The van der Waals surface area contributed by atoms with Crippen molar-refractivity contribution >= 4 is 0 Å². The van der Waals surface area contributed by atoms with Crippen molar-refractivity contribution in [3.8, 4) is 0 Å². The van der Waals surface area contributed by atoms with Gasteiger partial charge in [0.25, 0.3) is 0 Å². The molecule has 1 fully saturated rings. The van der Waals surface area contributed by atoms with Crippen molar-refractivity contribution in [3.05, 3.63) is 0 Å². The van der Waals surface area contributed by atoms with Crippen molar-refractivity contribution < 1.29 is 0 Å². The van der Waals surface area contributed by atoms with Gasteiger partial charge in [-0.3, -0.25) is 0 Å². The fourth-order valence-corrected chi connectivity index (χ4v) is 2.85. The van der Waals surface area contributed by atoms with Crippen LogP contribution in [0.5, 0.6) is 0 Å². The third-order valence-corrected chi connectivity index (χ3v) is 3.83. The van der Waals surface area contributed by atoms with E-state index in [-0.39, 0.29) is 0 Å². The normalized spacial score (nSPS) is 20.2. The largest absolute Gasteiger partial charge is 0.316 e. The summed E-state index contributed by atoms with van der Waals surface area (Å²) < 4.78 is 0. The smallest absolute Gasteiger partial charge is 0.00258 e. The van der Waals surface area contributed by atoms with Crippen molar-refractivity contribution in [2.24, 2.45) is 17.8 Å². The SMILES string of the molecule is CC(C)CNCCC(C)CC1CCCCC1. The fourth-order valence-electron chi connectivity index (χ4n) is 2.85. The first-order chi connectivity index (χ1) is 7.68. The van der Waals surface area contributed by atoms with E-state index in [4.69, 9.17) is 0 Å². The van der Waals surface area contributed by atoms with Crippen molar-refractivity contribution in [1.82, 2.24) is 5.32 Å². The first-order valence-corrected chi connectivity index (χ1v) is 7.39. The Hall–Kier alpha value is -0.0400. The van der Waals surface area contributed by atoms with Crippen LogP contribution in [0, 0.1) is 17.8 Å². The monoisotopic (exact) mass is 225 g/mol. The summed E-state index contributed by atoms with van der Waals surface area (Å²) in [6.07, 6.45) is 10.3. The average Bonchev–Trinajstić information content (AvgIpc) is 2.25. The van der Waals surface area contributed by atoms with E-state index in [1.165, 1.54) is 58.0 Å². The Balaban J connectivity index is 1.99. The average molecular weight is 225 g/mol. The zero-order valence-electron chi connectivity index (χ0n) is 11.6. The molecule has 1 nitrogen and oxygen atoms in total. The number of hydrogen-bond donors (Lipinski definition) is 1. The molecule has 0 aliphatic heterocycles. The Morgan fingerprint density at radius 3 is 2.38 bits per heavy atom. The highest BCUT2D eigenvalue weighted by Gasteiger charge is 2.16. The van der Waals surface area contributed by atoms with Gasteiger partial charge in [0.2, 0.25) is 0 Å². The summed E-state index contributed by atoms with van der Waals surface area (Å²) in [5, 5.41) is 3.55. The van der Waals surface area contributed by atoms with Crippen LogP contribution < -0.4 is 5.32 Å². The molecule has 16 heavy (non-hydrogen) atoms. The Labute approximate surface area is 102 Å². The number of hydrogen-bond acceptors (Lipinski definition) is 1. The summed E-state index contributed by atoms with van der Waals surface area (Å²) in [5.41, 5.74) is 0. The Morgan fingerprint density at radius 1 is 1.06 bits per heavy atom. The zero-order chi connectivity index (χ0) is 11.8. The van der Waals surface area contributed by atoms with Gasteiger partial charge in [0, 0.05) is 0 Å². The number of nitrogens with one attached hydrogen (secondary N) is 1. The summed E-state index contributed by atoms with van der Waals surface area (Å²) in [6, 6.07) is 0. The minimum Gasteiger partial charge on any atom is -0.316 e. The molecule has 1 unspecified atom stereocenters. The lowest BCUT2D eigenvalue weighted by molar-refractivity contribution is 0.287. The van der Waals surface area contributed by atoms with Crippen LogP contribution >= 0.6 is 0 Å². The molecule has 1 aliphatic carbocycles. The summed E-state index contributed by atoms with van der Waals surface area (Å²) in [7, 11) is 0. The summed E-state index contributed by atoms with van der Waals surface area (Å²) in [6.45, 7) is 9.38. The maximum Gasteiger partial charge on any atom is -0.00258 e. The molecule has 1 rings (SSSR count). The van der Waals surface area contributed by atoms with Crippen LogP contribution in [-0.2, 0) is 0 Å². The summed E-state index contributed by atoms with van der Waals surface area (Å²) >= 11 is 0. The Bertz CT molecular complexity index is 159. The molecule has 0 spiro atoms. The second kappa shape index (κ2) is 8.11. The molecule has 1 saturated carbocycles. The molecule has 1 N–H and O–H groups in total. The molecule has 1 aliphatic rings. The molecule has 1 heteroatoms. The van der Waals surface area contributed by atoms with Gasteiger partial charge in [0.05, 0.1) is 0 Å². The lowest BCUT2D eigenvalue weighted by atomic mass is 9.82. The molecule has 0 aromatic rings. The van der Waals surface area contributed by atoms with Crippen LogP contribution in [0.25, 0.3) is 0 Å². The quantitative estimate of drug-likeness (QED) is 0.639. The molecule has 0 aromatic heterocycles. The molecule has 0 bridgehead atoms. The van der Waals surface area contributed by atoms with Gasteiger partial charge < -0.3 is 5.32 Å². The first kappa shape index (κ1) is 14.0. The molecular formula is C15H31N. The van der Waals surface area contributed by atoms with Crippen LogP contribution in [0.15, 0.2) is 0 Å². The van der Waals surface area contributed by atoms with E-state index >= 15 is 0 Å². The van der Waals surface area contributed by atoms with Gasteiger partial charge in [-0.2, -0.15) is 0 Å². The van der Waals surface area contributed by atoms with Crippen LogP contribution in [0.2, 0.25) is 0 Å². The zero-order valence-corrected chi connectivity index (χ0v) is 11.6. The second-order valence-electron chi connectivity index (χ2n) is 6.23. The van der Waals surface area contributed by atoms with Gasteiger partial charge in [0.15, 0.2) is 0 Å². The molecule has 0 amide bonds. The highest BCUT2D eigenvalue weighted by Crippen LogP contribution is 2.29. The topological polar surface area (TPSA) is 12.0 Å². The minimum atomic E-state index is 0.786. The predicted octanol–water partition coefficient (Wildman–Crippen LogP) is 4.23. The van der Waals surface area contributed by atoms with Crippen LogP contribution in [0.1, 0.15) is 65.7 Å². The number of rotatable bonds is 7. The molecule has 0 heterocycles. The first-order valence-electron chi connectivity index (χ1n) is 7.39. The van der Waals surface area contributed by atoms with E-state index in [1.54, 1.807) is 0 Å². The molecule has 0 radical (unpaired) electrons. The maximum absolute atomic E-state index is 3.55. The molecule has 96 valence electrons. The van der Waals surface area contributed by atoms with Crippen molar-refractivity contribution in [2.45, 2.75) is 65.7 Å². The second-order valence-corrected chi connectivity index (χ2v) is 6.23.